The standard InChI is InChI=1S/C14H9BrN2O2S/c15-9-6-7-11-12(8-9)20-13(16-11)17-14(18)19-10-4-2-1-3-5-10/h1-8H,(H,16,17,18). The average molecular weight is 349 g/mol. The number of thiazole rings is 1. The summed E-state index contributed by atoms with van der Waals surface area (Å²) < 4.78 is 7.12. The van der Waals surface area contributed by atoms with E-state index in [0.717, 1.165) is 14.7 Å². The molecule has 0 saturated heterocycles. The van der Waals surface area contributed by atoms with E-state index in [2.05, 4.69) is 26.2 Å². The Morgan fingerprint density at radius 3 is 2.80 bits per heavy atom. The average Bonchev–Trinajstić information content (AvgIpc) is 2.80. The molecule has 0 spiro atoms. The van der Waals surface area contributed by atoms with Gasteiger partial charge in [-0.05, 0) is 30.3 Å². The number of nitrogens with one attached hydrogen (secondary N) is 1. The second kappa shape index (κ2) is 5.60. The molecule has 0 unspecified atom stereocenters. The summed E-state index contributed by atoms with van der Waals surface area (Å²) >= 11 is 4.80. The third-order valence-corrected chi connectivity index (χ3v) is 3.94. The summed E-state index contributed by atoms with van der Waals surface area (Å²) in [6.45, 7) is 0. The quantitative estimate of drug-likeness (QED) is 0.731. The molecule has 0 aliphatic carbocycles. The summed E-state index contributed by atoms with van der Waals surface area (Å²) in [5.74, 6) is 0.494. The number of ether oxygens (including phenoxy) is 1. The van der Waals surface area contributed by atoms with Crippen molar-refractivity contribution in [3.05, 3.63) is 53.0 Å². The van der Waals surface area contributed by atoms with Crippen molar-refractivity contribution >= 4 is 48.7 Å². The molecule has 0 aliphatic heterocycles. The lowest BCUT2D eigenvalue weighted by Gasteiger charge is -2.03. The first-order chi connectivity index (χ1) is 9.70. The van der Waals surface area contributed by atoms with Crippen LogP contribution in [0.5, 0.6) is 5.75 Å². The lowest BCUT2D eigenvalue weighted by Crippen LogP contribution is -2.16. The smallest absolute Gasteiger partial charge is 0.410 e. The lowest BCUT2D eigenvalue weighted by molar-refractivity contribution is 0.215. The highest BCUT2D eigenvalue weighted by molar-refractivity contribution is 9.10. The third-order valence-electron chi connectivity index (χ3n) is 2.51. The highest BCUT2D eigenvalue weighted by atomic mass is 79.9. The molecule has 0 atom stereocenters. The zero-order chi connectivity index (χ0) is 13.9. The Bertz CT molecular complexity index is 758. The van der Waals surface area contributed by atoms with E-state index in [9.17, 15) is 4.79 Å². The van der Waals surface area contributed by atoms with Crippen molar-refractivity contribution < 1.29 is 9.53 Å². The maximum absolute atomic E-state index is 11.7. The van der Waals surface area contributed by atoms with Gasteiger partial charge < -0.3 is 4.74 Å². The molecule has 3 rings (SSSR count). The minimum atomic E-state index is -0.547. The Hall–Kier alpha value is -1.92. The molecule has 1 heterocycles. The van der Waals surface area contributed by atoms with Crippen LogP contribution in [0.15, 0.2) is 53.0 Å². The zero-order valence-corrected chi connectivity index (χ0v) is 12.6. The van der Waals surface area contributed by atoms with E-state index < -0.39 is 6.09 Å². The number of carbonyl (C=O) groups is 1. The number of halogens is 1. The molecule has 2 aromatic carbocycles. The van der Waals surface area contributed by atoms with Gasteiger partial charge in [-0.1, -0.05) is 45.5 Å². The Kier molecular flexibility index (Phi) is 3.66. The summed E-state index contributed by atoms with van der Waals surface area (Å²) in [6.07, 6.45) is -0.547. The lowest BCUT2D eigenvalue weighted by atomic mass is 10.3. The van der Waals surface area contributed by atoms with Crippen LogP contribution in [-0.4, -0.2) is 11.1 Å². The maximum atomic E-state index is 11.7. The van der Waals surface area contributed by atoms with E-state index in [4.69, 9.17) is 4.74 Å². The van der Waals surface area contributed by atoms with E-state index in [1.54, 1.807) is 24.3 Å². The Balaban J connectivity index is 1.74. The van der Waals surface area contributed by atoms with Gasteiger partial charge in [0.05, 0.1) is 10.2 Å². The number of para-hydroxylation sites is 1. The predicted molar refractivity (Wildman–Crippen MR) is 83.4 cm³/mol. The van der Waals surface area contributed by atoms with E-state index in [0.29, 0.717) is 10.9 Å². The van der Waals surface area contributed by atoms with Crippen molar-refractivity contribution in [1.29, 1.82) is 0 Å². The fourth-order valence-electron chi connectivity index (χ4n) is 1.66. The topological polar surface area (TPSA) is 51.2 Å². The van der Waals surface area contributed by atoms with Gasteiger partial charge in [0, 0.05) is 4.47 Å². The highest BCUT2D eigenvalue weighted by Gasteiger charge is 2.09. The number of fused-ring (bicyclic) bond motifs is 1. The van der Waals surface area contributed by atoms with Gasteiger partial charge in [0.25, 0.3) is 0 Å². The van der Waals surface area contributed by atoms with Crippen LogP contribution in [0.1, 0.15) is 0 Å². The maximum Gasteiger partial charge on any atom is 0.418 e. The number of carbonyl (C=O) groups excluding carboxylic acids is 1. The molecule has 1 N–H and O–H groups in total. The number of nitrogens with zero attached hydrogens (tertiary/aromatic N) is 1. The van der Waals surface area contributed by atoms with Crippen molar-refractivity contribution in [3.8, 4) is 5.75 Å². The largest absolute Gasteiger partial charge is 0.418 e. The first kappa shape index (κ1) is 13.1. The van der Waals surface area contributed by atoms with E-state index in [-0.39, 0.29) is 0 Å². The summed E-state index contributed by atoms with van der Waals surface area (Å²) in [5.41, 5.74) is 0.841. The molecule has 1 amide bonds. The predicted octanol–water partition coefficient (Wildman–Crippen LogP) is 4.67. The number of benzene rings is 2. The van der Waals surface area contributed by atoms with Gasteiger partial charge in [0.1, 0.15) is 5.75 Å². The molecular weight excluding hydrogens is 340 g/mol. The van der Waals surface area contributed by atoms with Crippen LogP contribution in [0, 0.1) is 0 Å². The minimum absolute atomic E-state index is 0.494. The number of amides is 1. The SMILES string of the molecule is O=C(Nc1nc2ccc(Br)cc2s1)Oc1ccccc1. The molecule has 0 aliphatic rings. The molecule has 100 valence electrons. The molecule has 0 radical (unpaired) electrons. The first-order valence-electron chi connectivity index (χ1n) is 5.81. The van der Waals surface area contributed by atoms with Crippen molar-refractivity contribution in [2.75, 3.05) is 5.32 Å². The first-order valence-corrected chi connectivity index (χ1v) is 7.42. The van der Waals surface area contributed by atoms with Gasteiger partial charge in [-0.2, -0.15) is 0 Å². The summed E-state index contributed by atoms with van der Waals surface area (Å²) in [6, 6.07) is 14.7. The molecule has 20 heavy (non-hydrogen) atoms. The van der Waals surface area contributed by atoms with Gasteiger partial charge in [-0.25, -0.2) is 9.78 Å². The third kappa shape index (κ3) is 2.97. The van der Waals surface area contributed by atoms with Crippen LogP contribution >= 0.6 is 27.3 Å². The molecule has 0 bridgehead atoms. The fourth-order valence-corrected chi connectivity index (χ4v) is 3.06. The second-order valence-corrected chi connectivity index (χ2v) is 5.90. The van der Waals surface area contributed by atoms with E-state index in [1.807, 2.05) is 24.3 Å². The zero-order valence-electron chi connectivity index (χ0n) is 10.2. The minimum Gasteiger partial charge on any atom is -0.410 e. The molecule has 3 aromatic rings. The van der Waals surface area contributed by atoms with Gasteiger partial charge in [0.2, 0.25) is 0 Å². The summed E-state index contributed by atoms with van der Waals surface area (Å²) in [4.78, 5) is 16.1. The molecule has 6 heteroatoms. The van der Waals surface area contributed by atoms with Crippen LogP contribution in [0.3, 0.4) is 0 Å². The Morgan fingerprint density at radius 1 is 1.20 bits per heavy atom. The van der Waals surface area contributed by atoms with Crippen molar-refractivity contribution in [1.82, 2.24) is 4.98 Å². The molecule has 0 saturated carbocycles. The van der Waals surface area contributed by atoms with Crippen LogP contribution in [-0.2, 0) is 0 Å². The summed E-state index contributed by atoms with van der Waals surface area (Å²) in [7, 11) is 0. The van der Waals surface area contributed by atoms with Gasteiger partial charge >= 0.3 is 6.09 Å². The van der Waals surface area contributed by atoms with Crippen molar-refractivity contribution in [2.24, 2.45) is 0 Å². The normalized spacial score (nSPS) is 10.4. The van der Waals surface area contributed by atoms with E-state index >= 15 is 0 Å². The van der Waals surface area contributed by atoms with Gasteiger partial charge in [0.15, 0.2) is 5.13 Å². The van der Waals surface area contributed by atoms with Crippen LogP contribution in [0.2, 0.25) is 0 Å². The van der Waals surface area contributed by atoms with Crippen molar-refractivity contribution in [3.63, 3.8) is 0 Å². The Labute approximate surface area is 127 Å². The number of hydrogen-bond donors (Lipinski definition) is 1. The number of aromatic nitrogens is 1. The van der Waals surface area contributed by atoms with Gasteiger partial charge in [-0.15, -0.1) is 0 Å². The number of anilines is 1. The van der Waals surface area contributed by atoms with Gasteiger partial charge in [-0.3, -0.25) is 5.32 Å². The summed E-state index contributed by atoms with van der Waals surface area (Å²) in [5, 5.41) is 3.14. The molecule has 1 aromatic heterocycles. The van der Waals surface area contributed by atoms with E-state index in [1.165, 1.54) is 11.3 Å². The van der Waals surface area contributed by atoms with Crippen LogP contribution in [0.4, 0.5) is 9.93 Å². The highest BCUT2D eigenvalue weighted by Crippen LogP contribution is 2.28. The Morgan fingerprint density at radius 2 is 2.00 bits per heavy atom. The number of rotatable bonds is 2. The molecule has 4 nitrogen and oxygen atoms in total. The fraction of sp³-hybridized carbons (Fsp3) is 0. The molecule has 0 fully saturated rings. The van der Waals surface area contributed by atoms with Crippen LogP contribution < -0.4 is 10.1 Å². The number of hydrogen-bond acceptors (Lipinski definition) is 4. The second-order valence-electron chi connectivity index (χ2n) is 3.96. The van der Waals surface area contributed by atoms with Crippen LogP contribution in [0.25, 0.3) is 10.2 Å². The van der Waals surface area contributed by atoms with Crippen molar-refractivity contribution in [2.45, 2.75) is 0 Å². The monoisotopic (exact) mass is 348 g/mol. The molecular formula is C14H9BrN2O2S.